The number of hydrogen-bond donors (Lipinski definition) is 0. The van der Waals surface area contributed by atoms with Gasteiger partial charge in [-0.2, -0.15) is 0 Å². The highest BCUT2D eigenvalue weighted by atomic mass is 16.5. The standard InChI is InChI=1S/C13H22O/c1-3-6-12(7-4-2)13-8-5-10-14-11-9-13/h5,9-10,12H,3-4,6-8,11H2,1-2H3. The van der Waals surface area contributed by atoms with Gasteiger partial charge in [-0.1, -0.05) is 32.3 Å². The summed E-state index contributed by atoms with van der Waals surface area (Å²) in [5.74, 6) is 0.788. The summed E-state index contributed by atoms with van der Waals surface area (Å²) >= 11 is 0. The van der Waals surface area contributed by atoms with Crippen LogP contribution >= 0.6 is 0 Å². The van der Waals surface area contributed by atoms with E-state index in [9.17, 15) is 0 Å². The zero-order chi connectivity index (χ0) is 10.2. The van der Waals surface area contributed by atoms with E-state index in [-0.39, 0.29) is 0 Å². The molecule has 14 heavy (non-hydrogen) atoms. The minimum absolute atomic E-state index is 0.760. The molecule has 0 fully saturated rings. The third kappa shape index (κ3) is 3.57. The van der Waals surface area contributed by atoms with Crippen molar-refractivity contribution >= 4 is 0 Å². The molecule has 1 aliphatic heterocycles. The summed E-state index contributed by atoms with van der Waals surface area (Å²) in [7, 11) is 0. The number of rotatable bonds is 5. The molecule has 0 aliphatic carbocycles. The summed E-state index contributed by atoms with van der Waals surface area (Å²) in [6, 6.07) is 0. The highest BCUT2D eigenvalue weighted by Gasteiger charge is 2.12. The fourth-order valence-corrected chi connectivity index (χ4v) is 2.09. The second-order valence-electron chi connectivity index (χ2n) is 3.96. The number of allylic oxidation sites excluding steroid dienone is 2. The highest BCUT2D eigenvalue weighted by Crippen LogP contribution is 2.26. The molecule has 0 aromatic rings. The van der Waals surface area contributed by atoms with Gasteiger partial charge in [0, 0.05) is 0 Å². The first kappa shape index (κ1) is 11.4. The molecule has 0 atom stereocenters. The summed E-state index contributed by atoms with van der Waals surface area (Å²) < 4.78 is 5.27. The van der Waals surface area contributed by atoms with Crippen molar-refractivity contribution in [2.45, 2.75) is 46.0 Å². The van der Waals surface area contributed by atoms with E-state index in [1.54, 1.807) is 5.57 Å². The maximum atomic E-state index is 5.27. The Morgan fingerprint density at radius 1 is 1.29 bits per heavy atom. The third-order valence-electron chi connectivity index (χ3n) is 2.79. The fraction of sp³-hybridized carbons (Fsp3) is 0.692. The molecule has 0 radical (unpaired) electrons. The van der Waals surface area contributed by atoms with Crippen LogP contribution in [0.25, 0.3) is 0 Å². The molecule has 0 aromatic heterocycles. The van der Waals surface area contributed by atoms with Crippen molar-refractivity contribution < 1.29 is 4.74 Å². The average Bonchev–Trinajstić information content (AvgIpc) is 2.45. The third-order valence-corrected chi connectivity index (χ3v) is 2.79. The summed E-state index contributed by atoms with van der Waals surface area (Å²) in [5.41, 5.74) is 1.59. The molecular formula is C13H22O. The predicted octanol–water partition coefficient (Wildman–Crippen LogP) is 4.06. The second-order valence-corrected chi connectivity index (χ2v) is 3.96. The van der Waals surface area contributed by atoms with Gasteiger partial charge in [0.15, 0.2) is 0 Å². The van der Waals surface area contributed by atoms with Gasteiger partial charge in [0.2, 0.25) is 0 Å². The van der Waals surface area contributed by atoms with Crippen LogP contribution in [0.1, 0.15) is 46.0 Å². The maximum Gasteiger partial charge on any atom is 0.106 e. The van der Waals surface area contributed by atoms with Gasteiger partial charge in [-0.3, -0.25) is 0 Å². The molecule has 0 spiro atoms. The Balaban J connectivity index is 2.55. The molecule has 1 heteroatoms. The van der Waals surface area contributed by atoms with Gasteiger partial charge in [0.05, 0.1) is 6.26 Å². The number of hydrogen-bond acceptors (Lipinski definition) is 1. The van der Waals surface area contributed by atoms with Gasteiger partial charge >= 0.3 is 0 Å². The summed E-state index contributed by atoms with van der Waals surface area (Å²) in [6.45, 7) is 5.30. The van der Waals surface area contributed by atoms with Crippen LogP contribution in [-0.4, -0.2) is 6.61 Å². The lowest BCUT2D eigenvalue weighted by molar-refractivity contribution is 0.290. The first-order valence-electron chi connectivity index (χ1n) is 5.84. The Hall–Kier alpha value is -0.720. The van der Waals surface area contributed by atoms with Crippen LogP contribution in [0.2, 0.25) is 0 Å². The topological polar surface area (TPSA) is 9.23 Å². The first-order valence-corrected chi connectivity index (χ1v) is 5.84. The molecule has 0 N–H and O–H groups in total. The SMILES string of the molecule is CCCC(CCC)C1=CCOC=CC1. The molecule has 0 bridgehead atoms. The molecule has 1 rings (SSSR count). The molecule has 1 aliphatic rings. The Kier molecular flexibility index (Phi) is 5.43. The van der Waals surface area contributed by atoms with E-state index >= 15 is 0 Å². The van der Waals surface area contributed by atoms with Crippen molar-refractivity contribution in [3.8, 4) is 0 Å². The molecule has 0 saturated heterocycles. The average molecular weight is 194 g/mol. The Labute approximate surface area is 87.8 Å². The van der Waals surface area contributed by atoms with Crippen LogP contribution in [0.3, 0.4) is 0 Å². The van der Waals surface area contributed by atoms with E-state index < -0.39 is 0 Å². The van der Waals surface area contributed by atoms with Crippen molar-refractivity contribution in [2.24, 2.45) is 5.92 Å². The maximum absolute atomic E-state index is 5.27. The minimum atomic E-state index is 0.760. The van der Waals surface area contributed by atoms with Gasteiger partial charge < -0.3 is 4.74 Å². The quantitative estimate of drug-likeness (QED) is 0.600. The van der Waals surface area contributed by atoms with E-state index in [0.29, 0.717) is 0 Å². The molecule has 80 valence electrons. The van der Waals surface area contributed by atoms with Crippen LogP contribution in [-0.2, 0) is 4.74 Å². The Morgan fingerprint density at radius 3 is 2.64 bits per heavy atom. The first-order chi connectivity index (χ1) is 6.88. The van der Waals surface area contributed by atoms with E-state index in [1.807, 2.05) is 6.26 Å². The molecule has 0 unspecified atom stereocenters. The van der Waals surface area contributed by atoms with Gasteiger partial charge in [-0.25, -0.2) is 0 Å². The zero-order valence-electron chi connectivity index (χ0n) is 9.46. The lowest BCUT2D eigenvalue weighted by Gasteiger charge is -2.17. The van der Waals surface area contributed by atoms with Crippen LogP contribution in [0, 0.1) is 5.92 Å². The van der Waals surface area contributed by atoms with Crippen molar-refractivity contribution in [1.29, 1.82) is 0 Å². The minimum Gasteiger partial charge on any atom is -0.497 e. The van der Waals surface area contributed by atoms with E-state index in [1.165, 1.54) is 25.7 Å². The predicted molar refractivity (Wildman–Crippen MR) is 61.1 cm³/mol. The lowest BCUT2D eigenvalue weighted by atomic mass is 9.88. The second kappa shape index (κ2) is 6.69. The lowest BCUT2D eigenvalue weighted by Crippen LogP contribution is -2.04. The normalized spacial score (nSPS) is 16.4. The molecular weight excluding hydrogens is 172 g/mol. The molecule has 0 amide bonds. The van der Waals surface area contributed by atoms with Crippen LogP contribution in [0.4, 0.5) is 0 Å². The van der Waals surface area contributed by atoms with Crippen molar-refractivity contribution in [1.82, 2.24) is 0 Å². The summed E-state index contributed by atoms with van der Waals surface area (Å²) in [6.07, 6.45) is 12.6. The Bertz CT molecular complexity index is 197. The number of ether oxygens (including phenoxy) is 1. The smallest absolute Gasteiger partial charge is 0.106 e. The molecule has 1 heterocycles. The van der Waals surface area contributed by atoms with E-state index in [2.05, 4.69) is 26.0 Å². The fourth-order valence-electron chi connectivity index (χ4n) is 2.09. The summed E-state index contributed by atoms with van der Waals surface area (Å²) in [4.78, 5) is 0. The van der Waals surface area contributed by atoms with Gasteiger partial charge in [0.25, 0.3) is 0 Å². The zero-order valence-corrected chi connectivity index (χ0v) is 9.46. The van der Waals surface area contributed by atoms with E-state index in [4.69, 9.17) is 4.74 Å². The van der Waals surface area contributed by atoms with Gasteiger partial charge in [0.1, 0.15) is 6.61 Å². The van der Waals surface area contributed by atoms with Crippen LogP contribution < -0.4 is 0 Å². The van der Waals surface area contributed by atoms with Gasteiger partial charge in [-0.05, 0) is 37.3 Å². The van der Waals surface area contributed by atoms with Crippen molar-refractivity contribution in [3.63, 3.8) is 0 Å². The van der Waals surface area contributed by atoms with Crippen LogP contribution in [0.5, 0.6) is 0 Å². The molecule has 1 nitrogen and oxygen atoms in total. The highest BCUT2D eigenvalue weighted by molar-refractivity contribution is 5.12. The summed E-state index contributed by atoms with van der Waals surface area (Å²) in [5, 5.41) is 0. The van der Waals surface area contributed by atoms with E-state index in [0.717, 1.165) is 18.9 Å². The largest absolute Gasteiger partial charge is 0.497 e. The van der Waals surface area contributed by atoms with Crippen molar-refractivity contribution in [3.05, 3.63) is 24.0 Å². The molecule has 0 saturated carbocycles. The van der Waals surface area contributed by atoms with Crippen LogP contribution in [0.15, 0.2) is 24.0 Å². The Morgan fingerprint density at radius 2 is 2.00 bits per heavy atom. The monoisotopic (exact) mass is 194 g/mol. The van der Waals surface area contributed by atoms with Crippen molar-refractivity contribution in [2.75, 3.05) is 6.61 Å². The molecule has 0 aromatic carbocycles. The van der Waals surface area contributed by atoms with Gasteiger partial charge in [-0.15, -0.1) is 0 Å².